The molecule has 0 aliphatic carbocycles. The molecule has 23 heavy (non-hydrogen) atoms. The Morgan fingerprint density at radius 1 is 0.957 bits per heavy atom. The number of benzene rings is 1. The van der Waals surface area contributed by atoms with E-state index < -0.39 is 0 Å². The number of rotatable bonds is 5. The van der Waals surface area contributed by atoms with Crippen molar-refractivity contribution in [3.05, 3.63) is 29.8 Å². The smallest absolute Gasteiger partial charge is 0.118 e. The maximum Gasteiger partial charge on any atom is 0.118 e. The van der Waals surface area contributed by atoms with Crippen LogP contribution in [0.4, 0.5) is 0 Å². The Balaban J connectivity index is 1.42. The van der Waals surface area contributed by atoms with Crippen LogP contribution in [-0.2, 0) is 6.54 Å². The third-order valence-electron chi connectivity index (χ3n) is 5.42. The van der Waals surface area contributed by atoms with Gasteiger partial charge in [0.15, 0.2) is 0 Å². The highest BCUT2D eigenvalue weighted by Crippen LogP contribution is 2.18. The van der Waals surface area contributed by atoms with E-state index in [0.29, 0.717) is 0 Å². The fourth-order valence-electron chi connectivity index (χ4n) is 3.79. The zero-order chi connectivity index (χ0) is 16.1. The van der Waals surface area contributed by atoms with E-state index in [-0.39, 0.29) is 0 Å². The summed E-state index contributed by atoms with van der Waals surface area (Å²) in [7, 11) is 4.02. The minimum Gasteiger partial charge on any atom is -0.497 e. The molecule has 1 aromatic rings. The topological polar surface area (TPSA) is 19.0 Å². The normalized spacial score (nSPS) is 24.7. The van der Waals surface area contributed by atoms with E-state index in [0.717, 1.165) is 18.3 Å². The number of likely N-dealkylation sites (N-methyl/N-ethyl adjacent to an activating group) is 1. The van der Waals surface area contributed by atoms with Gasteiger partial charge >= 0.3 is 0 Å². The number of methoxy groups -OCH3 is 1. The van der Waals surface area contributed by atoms with E-state index in [9.17, 15) is 0 Å². The maximum atomic E-state index is 5.23. The van der Waals surface area contributed by atoms with E-state index in [4.69, 9.17) is 4.74 Å². The summed E-state index contributed by atoms with van der Waals surface area (Å²) in [5.74, 6) is 0.940. The summed E-state index contributed by atoms with van der Waals surface area (Å²) >= 11 is 0. The molecule has 1 aromatic carbocycles. The van der Waals surface area contributed by atoms with Gasteiger partial charge in [0.2, 0.25) is 0 Å². The third kappa shape index (κ3) is 4.69. The Labute approximate surface area is 141 Å². The van der Waals surface area contributed by atoms with Gasteiger partial charge in [0.25, 0.3) is 0 Å². The highest BCUT2D eigenvalue weighted by molar-refractivity contribution is 5.27. The zero-order valence-electron chi connectivity index (χ0n) is 14.7. The Bertz CT molecular complexity index is 468. The van der Waals surface area contributed by atoms with Crippen LogP contribution in [-0.4, -0.2) is 74.2 Å². The van der Waals surface area contributed by atoms with Crippen LogP contribution in [0, 0.1) is 0 Å². The molecule has 2 aliphatic heterocycles. The van der Waals surface area contributed by atoms with E-state index in [2.05, 4.69) is 46.0 Å². The molecule has 0 amide bonds. The molecule has 0 N–H and O–H groups in total. The van der Waals surface area contributed by atoms with Gasteiger partial charge in [-0.2, -0.15) is 0 Å². The van der Waals surface area contributed by atoms with Crippen molar-refractivity contribution in [1.82, 2.24) is 14.7 Å². The number of ether oxygens (including phenoxy) is 1. The van der Waals surface area contributed by atoms with Crippen LogP contribution in [0.15, 0.2) is 24.3 Å². The van der Waals surface area contributed by atoms with Crippen LogP contribution < -0.4 is 4.74 Å². The number of hydrogen-bond donors (Lipinski definition) is 0. The quantitative estimate of drug-likeness (QED) is 0.829. The molecule has 4 heteroatoms. The second-order valence-electron chi connectivity index (χ2n) is 7.06. The van der Waals surface area contributed by atoms with Gasteiger partial charge in [0, 0.05) is 45.3 Å². The molecule has 2 saturated heterocycles. The summed E-state index contributed by atoms with van der Waals surface area (Å²) in [5.41, 5.74) is 1.38. The van der Waals surface area contributed by atoms with Crippen LogP contribution in [0.25, 0.3) is 0 Å². The van der Waals surface area contributed by atoms with E-state index >= 15 is 0 Å². The Morgan fingerprint density at radius 3 is 2.30 bits per heavy atom. The highest BCUT2D eigenvalue weighted by atomic mass is 16.5. The predicted octanol–water partition coefficient (Wildman–Crippen LogP) is 2.30. The standard InChI is InChI=1S/C19H31N3O/c1-20-10-4-3-5-18(20)16-22-13-11-21(12-14-22)15-17-6-8-19(23-2)9-7-17/h6-9,18H,3-5,10-16H2,1-2H3/t18-/m1/s1. The lowest BCUT2D eigenvalue weighted by Crippen LogP contribution is -2.51. The van der Waals surface area contributed by atoms with Crippen molar-refractivity contribution in [2.24, 2.45) is 0 Å². The average molecular weight is 317 g/mol. The molecule has 1 atom stereocenters. The molecule has 2 heterocycles. The molecule has 128 valence electrons. The Hall–Kier alpha value is -1.10. The number of nitrogens with zero attached hydrogens (tertiary/aromatic N) is 3. The number of hydrogen-bond acceptors (Lipinski definition) is 4. The predicted molar refractivity (Wildman–Crippen MR) is 95.0 cm³/mol. The lowest BCUT2D eigenvalue weighted by Gasteiger charge is -2.40. The van der Waals surface area contributed by atoms with E-state index in [1.807, 2.05) is 0 Å². The van der Waals surface area contributed by atoms with Gasteiger partial charge in [-0.3, -0.25) is 9.80 Å². The largest absolute Gasteiger partial charge is 0.497 e. The summed E-state index contributed by atoms with van der Waals surface area (Å²) in [6.07, 6.45) is 4.16. The lowest BCUT2D eigenvalue weighted by atomic mass is 10.0. The van der Waals surface area contributed by atoms with Gasteiger partial charge in [0.1, 0.15) is 5.75 Å². The molecular formula is C19H31N3O. The SMILES string of the molecule is COc1ccc(CN2CCN(C[C@H]3CCCCN3C)CC2)cc1. The van der Waals surface area contributed by atoms with Crippen molar-refractivity contribution < 1.29 is 4.74 Å². The first-order valence-electron chi connectivity index (χ1n) is 9.02. The number of piperidine rings is 1. The summed E-state index contributed by atoms with van der Waals surface area (Å²) in [6.45, 7) is 8.38. The molecule has 2 fully saturated rings. The summed E-state index contributed by atoms with van der Waals surface area (Å²) < 4.78 is 5.23. The van der Waals surface area contributed by atoms with Crippen LogP contribution in [0.5, 0.6) is 5.75 Å². The summed E-state index contributed by atoms with van der Waals surface area (Å²) in [6, 6.07) is 9.26. The lowest BCUT2D eigenvalue weighted by molar-refractivity contribution is 0.0818. The summed E-state index contributed by atoms with van der Waals surface area (Å²) in [5, 5.41) is 0. The zero-order valence-corrected chi connectivity index (χ0v) is 14.7. The van der Waals surface area contributed by atoms with Gasteiger partial charge in [0.05, 0.1) is 7.11 Å². The van der Waals surface area contributed by atoms with Crippen molar-refractivity contribution >= 4 is 0 Å². The minimum absolute atomic E-state index is 0.775. The monoisotopic (exact) mass is 317 g/mol. The molecule has 0 aromatic heterocycles. The minimum atomic E-state index is 0.775. The van der Waals surface area contributed by atoms with Crippen LogP contribution in [0.1, 0.15) is 24.8 Å². The molecule has 0 radical (unpaired) electrons. The van der Waals surface area contributed by atoms with Gasteiger partial charge in [-0.25, -0.2) is 0 Å². The van der Waals surface area contributed by atoms with Crippen LogP contribution in [0.3, 0.4) is 0 Å². The Morgan fingerprint density at radius 2 is 1.65 bits per heavy atom. The van der Waals surface area contributed by atoms with Gasteiger partial charge < -0.3 is 9.64 Å². The molecule has 3 rings (SSSR count). The summed E-state index contributed by atoms with van der Waals surface area (Å²) in [4.78, 5) is 7.80. The van der Waals surface area contributed by atoms with Crippen molar-refractivity contribution in [2.75, 3.05) is 53.4 Å². The molecule has 0 bridgehead atoms. The number of piperazine rings is 1. The highest BCUT2D eigenvalue weighted by Gasteiger charge is 2.24. The fraction of sp³-hybridized carbons (Fsp3) is 0.684. The van der Waals surface area contributed by atoms with Gasteiger partial charge in [-0.05, 0) is 44.1 Å². The fourth-order valence-corrected chi connectivity index (χ4v) is 3.79. The van der Waals surface area contributed by atoms with Crippen molar-refractivity contribution in [3.8, 4) is 5.75 Å². The van der Waals surface area contributed by atoms with Crippen molar-refractivity contribution in [1.29, 1.82) is 0 Å². The molecule has 0 spiro atoms. The first-order chi connectivity index (χ1) is 11.2. The first kappa shape index (κ1) is 16.7. The van der Waals surface area contributed by atoms with E-state index in [1.54, 1.807) is 7.11 Å². The molecular weight excluding hydrogens is 286 g/mol. The van der Waals surface area contributed by atoms with E-state index in [1.165, 1.54) is 64.1 Å². The molecule has 2 aliphatic rings. The van der Waals surface area contributed by atoms with Gasteiger partial charge in [-0.1, -0.05) is 18.6 Å². The second-order valence-corrected chi connectivity index (χ2v) is 7.06. The molecule has 0 saturated carbocycles. The Kier molecular flexibility index (Phi) is 5.92. The molecule has 4 nitrogen and oxygen atoms in total. The van der Waals surface area contributed by atoms with Crippen LogP contribution in [0.2, 0.25) is 0 Å². The van der Waals surface area contributed by atoms with Crippen molar-refractivity contribution in [2.45, 2.75) is 31.8 Å². The number of likely N-dealkylation sites (tertiary alicyclic amines) is 1. The van der Waals surface area contributed by atoms with Crippen molar-refractivity contribution in [3.63, 3.8) is 0 Å². The second kappa shape index (κ2) is 8.13. The van der Waals surface area contributed by atoms with Gasteiger partial charge in [-0.15, -0.1) is 0 Å². The third-order valence-corrected chi connectivity index (χ3v) is 5.42. The van der Waals surface area contributed by atoms with Crippen LogP contribution >= 0.6 is 0 Å². The maximum absolute atomic E-state index is 5.23. The average Bonchev–Trinajstić information content (AvgIpc) is 2.59. The first-order valence-corrected chi connectivity index (χ1v) is 9.02. The molecule has 0 unspecified atom stereocenters.